The summed E-state index contributed by atoms with van der Waals surface area (Å²) in [5.41, 5.74) is 1.56. The summed E-state index contributed by atoms with van der Waals surface area (Å²) in [5, 5.41) is 12.1. The second-order valence-corrected chi connectivity index (χ2v) is 8.42. The van der Waals surface area contributed by atoms with Gasteiger partial charge in [-0.05, 0) is 56.9 Å². The number of rotatable bonds is 4. The molecule has 156 valence electrons. The van der Waals surface area contributed by atoms with Crippen LogP contribution in [0, 0.1) is 12.7 Å². The van der Waals surface area contributed by atoms with Gasteiger partial charge in [0.15, 0.2) is 5.82 Å². The molecule has 1 aromatic carbocycles. The third-order valence-electron chi connectivity index (χ3n) is 5.92. The van der Waals surface area contributed by atoms with Gasteiger partial charge in [-0.2, -0.15) is 10.2 Å². The molecule has 0 bridgehead atoms. The van der Waals surface area contributed by atoms with Crippen LogP contribution in [-0.4, -0.2) is 48.9 Å². The molecule has 0 spiro atoms. The first-order chi connectivity index (χ1) is 14.5. The molecule has 7 nitrogen and oxygen atoms in total. The number of nitrogens with zero attached hydrogens (tertiary/aromatic N) is 5. The third kappa shape index (κ3) is 3.49. The molecule has 2 aliphatic rings. The zero-order valence-electron chi connectivity index (χ0n) is 16.6. The van der Waals surface area contributed by atoms with E-state index >= 15 is 0 Å². The number of carbonyl (C=O) groups is 1. The lowest BCUT2D eigenvalue weighted by Crippen LogP contribution is -2.38. The van der Waals surface area contributed by atoms with Crippen molar-refractivity contribution in [1.82, 2.24) is 29.9 Å². The van der Waals surface area contributed by atoms with E-state index in [0.29, 0.717) is 36.0 Å². The first-order valence-electron chi connectivity index (χ1n) is 10.2. The Morgan fingerprint density at radius 2 is 1.83 bits per heavy atom. The van der Waals surface area contributed by atoms with E-state index < -0.39 is 0 Å². The van der Waals surface area contributed by atoms with Crippen LogP contribution in [0.2, 0.25) is 5.15 Å². The maximum Gasteiger partial charge on any atom is 0.258 e. The molecule has 1 amide bonds. The van der Waals surface area contributed by atoms with Gasteiger partial charge in [-0.1, -0.05) is 11.6 Å². The van der Waals surface area contributed by atoms with Gasteiger partial charge in [0, 0.05) is 24.9 Å². The van der Waals surface area contributed by atoms with E-state index in [4.69, 9.17) is 11.6 Å². The predicted octanol–water partition coefficient (Wildman–Crippen LogP) is 3.99. The van der Waals surface area contributed by atoms with Crippen molar-refractivity contribution in [2.24, 2.45) is 0 Å². The molecule has 30 heavy (non-hydrogen) atoms. The Morgan fingerprint density at radius 3 is 2.50 bits per heavy atom. The number of aryl methyl sites for hydroxylation is 1. The van der Waals surface area contributed by atoms with Crippen molar-refractivity contribution in [2.75, 3.05) is 13.1 Å². The van der Waals surface area contributed by atoms with Gasteiger partial charge in [-0.25, -0.2) is 14.1 Å². The van der Waals surface area contributed by atoms with Crippen LogP contribution in [0.15, 0.2) is 24.3 Å². The highest BCUT2D eigenvalue weighted by molar-refractivity contribution is 6.33. The lowest BCUT2D eigenvalue weighted by molar-refractivity contribution is 0.0710. The number of likely N-dealkylation sites (tertiary alicyclic amines) is 1. The molecule has 0 radical (unpaired) electrons. The van der Waals surface area contributed by atoms with Gasteiger partial charge in [0.05, 0.1) is 16.9 Å². The number of hydrogen-bond donors (Lipinski definition) is 1. The molecule has 2 fully saturated rings. The zero-order valence-corrected chi connectivity index (χ0v) is 17.4. The Kier molecular flexibility index (Phi) is 4.81. The van der Waals surface area contributed by atoms with Crippen LogP contribution in [0.25, 0.3) is 5.69 Å². The van der Waals surface area contributed by atoms with Gasteiger partial charge in [0.25, 0.3) is 5.91 Å². The number of hydrogen-bond acceptors (Lipinski definition) is 4. The fraction of sp³-hybridized carbons (Fsp3) is 0.429. The second-order valence-electron chi connectivity index (χ2n) is 8.06. The lowest BCUT2D eigenvalue weighted by atomic mass is 9.95. The highest BCUT2D eigenvalue weighted by atomic mass is 35.5. The Bertz CT molecular complexity index is 1080. The number of carbonyl (C=O) groups excluding carboxylic acids is 1. The number of aromatic amines is 1. The molecule has 5 rings (SSSR count). The summed E-state index contributed by atoms with van der Waals surface area (Å²) >= 11 is 6.52. The number of halogens is 2. The number of H-pyrrole nitrogens is 1. The molecule has 2 aromatic heterocycles. The van der Waals surface area contributed by atoms with Crippen LogP contribution in [0.3, 0.4) is 0 Å². The molecular weight excluding hydrogens is 407 g/mol. The molecule has 3 heterocycles. The van der Waals surface area contributed by atoms with E-state index in [0.717, 1.165) is 24.5 Å². The Morgan fingerprint density at radius 1 is 1.13 bits per heavy atom. The largest absolute Gasteiger partial charge is 0.338 e. The molecular formula is C21H22ClFN6O. The molecule has 3 aromatic rings. The van der Waals surface area contributed by atoms with Crippen LogP contribution < -0.4 is 0 Å². The molecule has 0 atom stereocenters. The second kappa shape index (κ2) is 7.50. The fourth-order valence-corrected chi connectivity index (χ4v) is 4.36. The standard InChI is InChI=1S/C21H22ClFN6O/c1-12-17(18(22)29(27-12)16-6-4-15(23)5-7-16)21(30)28-10-8-14(9-11-28)20-24-19(25-26-20)13-2-3-13/h4-7,13-14H,2-3,8-11H2,1H3,(H,24,25,26). The number of amides is 1. The topological polar surface area (TPSA) is 79.7 Å². The lowest BCUT2D eigenvalue weighted by Gasteiger charge is -2.31. The summed E-state index contributed by atoms with van der Waals surface area (Å²) in [6.07, 6.45) is 4.01. The Labute approximate surface area is 178 Å². The fourth-order valence-electron chi connectivity index (χ4n) is 4.00. The maximum absolute atomic E-state index is 13.2. The van der Waals surface area contributed by atoms with Crippen molar-refractivity contribution in [3.63, 3.8) is 0 Å². The normalized spacial score (nSPS) is 17.5. The summed E-state index contributed by atoms with van der Waals surface area (Å²) in [4.78, 5) is 19.7. The van der Waals surface area contributed by atoms with E-state index in [-0.39, 0.29) is 22.8 Å². The number of aromatic nitrogens is 5. The smallest absolute Gasteiger partial charge is 0.258 e. The van der Waals surface area contributed by atoms with Crippen molar-refractivity contribution >= 4 is 17.5 Å². The quantitative estimate of drug-likeness (QED) is 0.681. The Hall–Kier alpha value is -2.74. The SMILES string of the molecule is Cc1nn(-c2ccc(F)cc2)c(Cl)c1C(=O)N1CCC(c2nc(C3CC3)n[nH]2)CC1. The number of benzene rings is 1. The summed E-state index contributed by atoms with van der Waals surface area (Å²) in [7, 11) is 0. The average molecular weight is 429 g/mol. The summed E-state index contributed by atoms with van der Waals surface area (Å²) in [5.74, 6) is 2.21. The van der Waals surface area contributed by atoms with Gasteiger partial charge in [0.2, 0.25) is 0 Å². The Balaban J connectivity index is 1.30. The number of piperidine rings is 1. The van der Waals surface area contributed by atoms with E-state index in [2.05, 4.69) is 20.3 Å². The van der Waals surface area contributed by atoms with E-state index in [1.807, 2.05) is 4.90 Å². The minimum atomic E-state index is -0.339. The summed E-state index contributed by atoms with van der Waals surface area (Å²) in [6, 6.07) is 5.85. The van der Waals surface area contributed by atoms with Crippen molar-refractivity contribution in [3.8, 4) is 5.69 Å². The van der Waals surface area contributed by atoms with Gasteiger partial charge in [-0.15, -0.1) is 0 Å². The van der Waals surface area contributed by atoms with Gasteiger partial charge in [0.1, 0.15) is 16.8 Å². The third-order valence-corrected chi connectivity index (χ3v) is 6.27. The summed E-state index contributed by atoms with van der Waals surface area (Å²) < 4.78 is 14.7. The highest BCUT2D eigenvalue weighted by Gasteiger charge is 2.32. The molecule has 0 unspecified atom stereocenters. The minimum absolute atomic E-state index is 0.124. The van der Waals surface area contributed by atoms with Gasteiger partial charge in [-0.3, -0.25) is 9.89 Å². The molecule has 1 saturated heterocycles. The van der Waals surface area contributed by atoms with E-state index in [9.17, 15) is 9.18 Å². The van der Waals surface area contributed by atoms with Crippen molar-refractivity contribution in [2.45, 2.75) is 44.4 Å². The van der Waals surface area contributed by atoms with Gasteiger partial charge >= 0.3 is 0 Å². The molecule has 1 aliphatic heterocycles. The zero-order chi connectivity index (χ0) is 20.8. The number of nitrogens with one attached hydrogen (secondary N) is 1. The van der Waals surface area contributed by atoms with Crippen LogP contribution in [0.5, 0.6) is 0 Å². The van der Waals surface area contributed by atoms with Crippen LogP contribution in [0.4, 0.5) is 4.39 Å². The van der Waals surface area contributed by atoms with Crippen molar-refractivity contribution in [3.05, 3.63) is 58.1 Å². The predicted molar refractivity (Wildman–Crippen MR) is 110 cm³/mol. The summed E-state index contributed by atoms with van der Waals surface area (Å²) in [6.45, 7) is 3.01. The first-order valence-corrected chi connectivity index (χ1v) is 10.6. The monoisotopic (exact) mass is 428 g/mol. The maximum atomic E-state index is 13.2. The van der Waals surface area contributed by atoms with Crippen LogP contribution in [-0.2, 0) is 0 Å². The van der Waals surface area contributed by atoms with Crippen molar-refractivity contribution < 1.29 is 9.18 Å². The van der Waals surface area contributed by atoms with Gasteiger partial charge < -0.3 is 4.90 Å². The molecule has 1 aliphatic carbocycles. The minimum Gasteiger partial charge on any atom is -0.338 e. The first kappa shape index (κ1) is 19.2. The van der Waals surface area contributed by atoms with E-state index in [1.165, 1.54) is 29.7 Å². The van der Waals surface area contributed by atoms with Crippen LogP contribution in [0.1, 0.15) is 65.2 Å². The molecule has 1 N–H and O–H groups in total. The average Bonchev–Trinajstić information content (AvgIpc) is 3.41. The highest BCUT2D eigenvalue weighted by Crippen LogP contribution is 2.38. The molecule has 1 saturated carbocycles. The van der Waals surface area contributed by atoms with Crippen LogP contribution >= 0.6 is 11.6 Å². The molecule has 9 heteroatoms. The van der Waals surface area contributed by atoms with E-state index in [1.54, 1.807) is 19.1 Å². The van der Waals surface area contributed by atoms with Crippen molar-refractivity contribution in [1.29, 1.82) is 0 Å².